The van der Waals surface area contributed by atoms with Crippen molar-refractivity contribution in [1.82, 2.24) is 4.90 Å². The Hall–Kier alpha value is -2.29. The third kappa shape index (κ3) is 5.12. The zero-order chi connectivity index (χ0) is 17.7. The first-order valence-corrected chi connectivity index (χ1v) is 8.09. The summed E-state index contributed by atoms with van der Waals surface area (Å²) in [6, 6.07) is 6.02. The topological polar surface area (TPSA) is 62.6 Å². The molecule has 2 rings (SSSR count). The van der Waals surface area contributed by atoms with Gasteiger partial charge in [-0.2, -0.15) is 5.26 Å². The predicted octanol–water partition coefficient (Wildman–Crippen LogP) is 3.72. The molecule has 0 N–H and O–H groups in total. The van der Waals surface area contributed by atoms with Crippen molar-refractivity contribution in [3.8, 4) is 11.8 Å². The van der Waals surface area contributed by atoms with Crippen LogP contribution in [0.3, 0.4) is 0 Å². The van der Waals surface area contributed by atoms with Crippen LogP contribution in [0.1, 0.15) is 39.2 Å². The normalized spacial score (nSPS) is 15.7. The van der Waals surface area contributed by atoms with Gasteiger partial charge >= 0.3 is 6.09 Å². The molecular weight excluding hydrogens is 311 g/mol. The van der Waals surface area contributed by atoms with Crippen LogP contribution in [0, 0.1) is 23.1 Å². The van der Waals surface area contributed by atoms with E-state index in [1.807, 2.05) is 20.8 Å². The minimum atomic E-state index is -0.574. The van der Waals surface area contributed by atoms with Crippen molar-refractivity contribution in [2.75, 3.05) is 19.7 Å². The van der Waals surface area contributed by atoms with Crippen molar-refractivity contribution in [2.24, 2.45) is 5.92 Å². The number of piperidine rings is 1. The first kappa shape index (κ1) is 18.1. The number of amides is 1. The maximum Gasteiger partial charge on any atom is 0.410 e. The second-order valence-corrected chi connectivity index (χ2v) is 6.98. The molecule has 1 amide bonds. The Balaban J connectivity index is 1.78. The van der Waals surface area contributed by atoms with Crippen molar-refractivity contribution in [1.29, 1.82) is 5.26 Å². The number of likely N-dealkylation sites (tertiary alicyclic amines) is 1. The molecular formula is C18H23FN2O3. The number of halogens is 1. The van der Waals surface area contributed by atoms with E-state index in [4.69, 9.17) is 14.7 Å². The minimum absolute atomic E-state index is 0.00742. The van der Waals surface area contributed by atoms with E-state index >= 15 is 0 Å². The van der Waals surface area contributed by atoms with Crippen molar-refractivity contribution >= 4 is 6.09 Å². The number of rotatable bonds is 3. The lowest BCUT2D eigenvalue weighted by Crippen LogP contribution is -2.42. The van der Waals surface area contributed by atoms with Gasteiger partial charge in [0.2, 0.25) is 0 Å². The van der Waals surface area contributed by atoms with Crippen LogP contribution in [0.5, 0.6) is 5.75 Å². The SMILES string of the molecule is CC(C)(C)OC(=O)N1CCC(COc2ccc(C#N)c(F)c2)CC1. The van der Waals surface area contributed by atoms with Gasteiger partial charge in [0.15, 0.2) is 0 Å². The van der Waals surface area contributed by atoms with Crippen molar-refractivity contribution < 1.29 is 18.7 Å². The minimum Gasteiger partial charge on any atom is -0.493 e. The Morgan fingerprint density at radius 3 is 2.58 bits per heavy atom. The summed E-state index contributed by atoms with van der Waals surface area (Å²) in [6.45, 7) is 7.27. The molecule has 1 aliphatic heterocycles. The quantitative estimate of drug-likeness (QED) is 0.845. The first-order valence-electron chi connectivity index (χ1n) is 8.09. The molecule has 130 valence electrons. The van der Waals surface area contributed by atoms with E-state index in [0.717, 1.165) is 12.8 Å². The third-order valence-corrected chi connectivity index (χ3v) is 3.81. The Labute approximate surface area is 142 Å². The van der Waals surface area contributed by atoms with Crippen LogP contribution >= 0.6 is 0 Å². The number of hydrogen-bond donors (Lipinski definition) is 0. The van der Waals surface area contributed by atoms with Gasteiger partial charge in [0.05, 0.1) is 12.2 Å². The molecule has 0 unspecified atom stereocenters. The molecule has 1 saturated heterocycles. The molecule has 24 heavy (non-hydrogen) atoms. The molecule has 0 aromatic heterocycles. The monoisotopic (exact) mass is 334 g/mol. The number of ether oxygens (including phenoxy) is 2. The molecule has 0 atom stereocenters. The predicted molar refractivity (Wildman–Crippen MR) is 87.1 cm³/mol. The largest absolute Gasteiger partial charge is 0.493 e. The molecule has 1 aromatic carbocycles. The zero-order valence-electron chi connectivity index (χ0n) is 14.3. The van der Waals surface area contributed by atoms with E-state index in [9.17, 15) is 9.18 Å². The summed E-state index contributed by atoms with van der Waals surface area (Å²) >= 11 is 0. The van der Waals surface area contributed by atoms with E-state index in [2.05, 4.69) is 0 Å². The Kier molecular flexibility index (Phi) is 5.66. The molecule has 0 saturated carbocycles. The number of nitrogens with zero attached hydrogens (tertiary/aromatic N) is 2. The van der Waals surface area contributed by atoms with E-state index in [-0.39, 0.29) is 11.7 Å². The van der Waals surface area contributed by atoms with Crippen LogP contribution in [0.25, 0.3) is 0 Å². The van der Waals surface area contributed by atoms with Crippen molar-refractivity contribution in [3.05, 3.63) is 29.6 Å². The summed E-state index contributed by atoms with van der Waals surface area (Å²) in [5.41, 5.74) is -0.482. The van der Waals surface area contributed by atoms with Gasteiger partial charge in [-0.1, -0.05) is 0 Å². The smallest absolute Gasteiger partial charge is 0.410 e. The van der Waals surface area contributed by atoms with Crippen LogP contribution in [0.15, 0.2) is 18.2 Å². The van der Waals surface area contributed by atoms with E-state index in [1.54, 1.807) is 17.0 Å². The molecule has 1 aromatic rings. The highest BCUT2D eigenvalue weighted by Gasteiger charge is 2.27. The lowest BCUT2D eigenvalue weighted by atomic mass is 9.98. The fourth-order valence-corrected chi connectivity index (χ4v) is 2.50. The lowest BCUT2D eigenvalue weighted by Gasteiger charge is -2.33. The Bertz CT molecular complexity index is 626. The van der Waals surface area contributed by atoms with Gasteiger partial charge in [-0.05, 0) is 51.7 Å². The Morgan fingerprint density at radius 1 is 1.38 bits per heavy atom. The average molecular weight is 334 g/mol. The number of benzene rings is 1. The van der Waals surface area contributed by atoms with Gasteiger partial charge in [0.25, 0.3) is 0 Å². The number of carbonyl (C=O) groups excluding carboxylic acids is 1. The van der Waals surface area contributed by atoms with E-state index in [0.29, 0.717) is 31.4 Å². The highest BCUT2D eigenvalue weighted by atomic mass is 19.1. The van der Waals surface area contributed by atoms with Gasteiger partial charge in [-0.3, -0.25) is 0 Å². The van der Waals surface area contributed by atoms with Gasteiger partial charge < -0.3 is 14.4 Å². The summed E-state index contributed by atoms with van der Waals surface area (Å²) in [4.78, 5) is 13.7. The van der Waals surface area contributed by atoms with Crippen LogP contribution in [0.4, 0.5) is 9.18 Å². The first-order chi connectivity index (χ1) is 11.3. The van der Waals surface area contributed by atoms with Crippen LogP contribution < -0.4 is 4.74 Å². The lowest BCUT2D eigenvalue weighted by molar-refractivity contribution is 0.0165. The van der Waals surface area contributed by atoms with Gasteiger partial charge in [-0.15, -0.1) is 0 Å². The molecule has 0 radical (unpaired) electrons. The Morgan fingerprint density at radius 2 is 2.04 bits per heavy atom. The summed E-state index contributed by atoms with van der Waals surface area (Å²) in [6.07, 6.45) is 1.35. The highest BCUT2D eigenvalue weighted by molar-refractivity contribution is 5.68. The maximum atomic E-state index is 13.5. The van der Waals surface area contributed by atoms with E-state index < -0.39 is 11.4 Å². The molecule has 1 aliphatic rings. The maximum absolute atomic E-state index is 13.5. The van der Waals surface area contributed by atoms with Crippen molar-refractivity contribution in [3.63, 3.8) is 0 Å². The number of carbonyl (C=O) groups is 1. The molecule has 5 nitrogen and oxygen atoms in total. The van der Waals surface area contributed by atoms with Crippen molar-refractivity contribution in [2.45, 2.75) is 39.2 Å². The van der Waals surface area contributed by atoms with Crippen LogP contribution in [0.2, 0.25) is 0 Å². The average Bonchev–Trinajstić information content (AvgIpc) is 2.52. The van der Waals surface area contributed by atoms with Gasteiger partial charge in [0, 0.05) is 19.2 Å². The second-order valence-electron chi connectivity index (χ2n) is 6.98. The summed E-state index contributed by atoms with van der Waals surface area (Å²) in [7, 11) is 0. The molecule has 0 bridgehead atoms. The fourth-order valence-electron chi connectivity index (χ4n) is 2.50. The fraction of sp³-hybridized carbons (Fsp3) is 0.556. The third-order valence-electron chi connectivity index (χ3n) is 3.81. The van der Waals surface area contributed by atoms with E-state index in [1.165, 1.54) is 12.1 Å². The number of hydrogen-bond acceptors (Lipinski definition) is 4. The standard InChI is InChI=1S/C18H23FN2O3/c1-18(2,3)24-17(22)21-8-6-13(7-9-21)12-23-15-5-4-14(11-20)16(19)10-15/h4-5,10,13H,6-9,12H2,1-3H3. The molecule has 0 aliphatic carbocycles. The highest BCUT2D eigenvalue weighted by Crippen LogP contribution is 2.22. The summed E-state index contributed by atoms with van der Waals surface area (Å²) < 4.78 is 24.5. The molecule has 6 heteroatoms. The van der Waals surface area contributed by atoms with Gasteiger partial charge in [-0.25, -0.2) is 9.18 Å². The zero-order valence-corrected chi connectivity index (χ0v) is 14.3. The molecule has 1 fully saturated rings. The molecule has 1 heterocycles. The second kappa shape index (κ2) is 7.52. The summed E-state index contributed by atoms with van der Waals surface area (Å²) in [5.74, 6) is 0.151. The van der Waals surface area contributed by atoms with Crippen LogP contribution in [-0.2, 0) is 4.74 Å². The number of nitriles is 1. The molecule has 0 spiro atoms. The summed E-state index contributed by atoms with van der Waals surface area (Å²) in [5, 5.41) is 8.71. The van der Waals surface area contributed by atoms with Gasteiger partial charge in [0.1, 0.15) is 23.2 Å². The van der Waals surface area contributed by atoms with Crippen LogP contribution in [-0.4, -0.2) is 36.3 Å².